The topological polar surface area (TPSA) is 29.0 Å². The second kappa shape index (κ2) is 5.08. The normalized spacial score (nSPS) is 14.6. The zero-order valence-corrected chi connectivity index (χ0v) is 15.3. The summed E-state index contributed by atoms with van der Waals surface area (Å²) < 4.78 is 0. The maximum Gasteiger partial charge on any atom is 0.0680 e. The van der Waals surface area contributed by atoms with Crippen molar-refractivity contribution < 1.29 is 0 Å². The van der Waals surface area contributed by atoms with Crippen molar-refractivity contribution in [1.82, 2.24) is 9.97 Å². The number of hydrogen-bond acceptors (Lipinski definition) is 3. The Morgan fingerprint density at radius 3 is 2.32 bits per heavy atom. The first-order valence-corrected chi connectivity index (χ1v) is 9.80. The minimum atomic E-state index is 0.922. The molecule has 4 heterocycles. The first kappa shape index (κ1) is 14.6. The number of pyridine rings is 2. The highest BCUT2D eigenvalue weighted by Gasteiger charge is 2.35. The smallest absolute Gasteiger partial charge is 0.0680 e. The molecule has 0 fully saturated rings. The number of rotatable bonds is 0. The molecule has 0 saturated heterocycles. The van der Waals surface area contributed by atoms with E-state index in [0.29, 0.717) is 0 Å². The summed E-state index contributed by atoms with van der Waals surface area (Å²) in [6, 6.07) is 15.6. The standard InChI is InChI=1S/C25H17N3/c1-2-4-21-15(3-1)9-17-5-6-18-11-20-13-27-12-19-10-16-7-8-26-14-22(16)28(24(19)20)25(18)23(17)21/h1-8,12-14H,9-11H2. The van der Waals surface area contributed by atoms with E-state index in [0.717, 1.165) is 19.3 Å². The average Bonchev–Trinajstić information content (AvgIpc) is 3.12. The molecule has 0 radical (unpaired) electrons. The van der Waals surface area contributed by atoms with Crippen molar-refractivity contribution in [3.8, 4) is 11.1 Å². The van der Waals surface area contributed by atoms with Gasteiger partial charge >= 0.3 is 0 Å². The largest absolute Gasteiger partial charge is 0.307 e. The van der Waals surface area contributed by atoms with Crippen molar-refractivity contribution in [3.05, 3.63) is 101 Å². The van der Waals surface area contributed by atoms with Gasteiger partial charge in [-0.15, -0.1) is 0 Å². The van der Waals surface area contributed by atoms with Crippen LogP contribution in [0.5, 0.6) is 0 Å². The maximum atomic E-state index is 4.55. The lowest BCUT2D eigenvalue weighted by molar-refractivity contribution is 0.978. The van der Waals surface area contributed by atoms with Crippen molar-refractivity contribution in [2.45, 2.75) is 19.3 Å². The Kier molecular flexibility index (Phi) is 2.64. The van der Waals surface area contributed by atoms with E-state index in [1.807, 2.05) is 24.8 Å². The molecule has 0 bridgehead atoms. The van der Waals surface area contributed by atoms with Crippen molar-refractivity contribution in [2.24, 2.45) is 0 Å². The van der Waals surface area contributed by atoms with E-state index >= 15 is 0 Å². The number of anilines is 3. The van der Waals surface area contributed by atoms with Gasteiger partial charge in [0.2, 0.25) is 0 Å². The summed E-state index contributed by atoms with van der Waals surface area (Å²) in [6.07, 6.45) is 10.9. The third-order valence-corrected chi connectivity index (χ3v) is 6.42. The molecular formula is C25H17N3. The quantitative estimate of drug-likeness (QED) is 0.367. The van der Waals surface area contributed by atoms with Gasteiger partial charge in [-0.25, -0.2) is 0 Å². The van der Waals surface area contributed by atoms with Gasteiger partial charge in [0, 0.05) is 37.0 Å². The molecular weight excluding hydrogens is 342 g/mol. The number of fused-ring (bicyclic) bond motifs is 8. The summed E-state index contributed by atoms with van der Waals surface area (Å²) in [6.45, 7) is 0. The lowest BCUT2D eigenvalue weighted by Gasteiger charge is -2.40. The van der Waals surface area contributed by atoms with Gasteiger partial charge in [0.15, 0.2) is 0 Å². The molecule has 1 aliphatic carbocycles. The molecule has 0 unspecified atom stereocenters. The van der Waals surface area contributed by atoms with E-state index in [1.165, 1.54) is 61.6 Å². The molecule has 2 aromatic carbocycles. The van der Waals surface area contributed by atoms with Crippen LogP contribution in [0.15, 0.2) is 67.3 Å². The molecule has 0 atom stereocenters. The Balaban J connectivity index is 1.60. The van der Waals surface area contributed by atoms with Crippen LogP contribution >= 0.6 is 0 Å². The van der Waals surface area contributed by atoms with Gasteiger partial charge in [-0.2, -0.15) is 0 Å². The van der Waals surface area contributed by atoms with Crippen LogP contribution in [-0.2, 0) is 19.3 Å². The van der Waals surface area contributed by atoms with Gasteiger partial charge in [-0.05, 0) is 51.4 Å². The fraction of sp³-hybridized carbons (Fsp3) is 0.120. The monoisotopic (exact) mass is 359 g/mol. The summed E-state index contributed by atoms with van der Waals surface area (Å²) in [5.41, 5.74) is 14.8. The Hall–Kier alpha value is -3.46. The predicted octanol–water partition coefficient (Wildman–Crippen LogP) is 5.33. The lowest BCUT2D eigenvalue weighted by atomic mass is 9.86. The first-order valence-electron chi connectivity index (χ1n) is 9.80. The molecule has 2 aromatic heterocycles. The number of nitrogens with zero attached hydrogens (tertiary/aromatic N) is 3. The van der Waals surface area contributed by atoms with E-state index in [4.69, 9.17) is 0 Å². The van der Waals surface area contributed by atoms with Crippen LogP contribution < -0.4 is 4.90 Å². The SMILES string of the molecule is c1ccc2c(c1)Cc1ccc3c(c1-2)N1c2cnccc2Cc2cncc(c21)C3. The van der Waals surface area contributed by atoms with Gasteiger partial charge in [0.05, 0.1) is 23.3 Å². The zero-order valence-electron chi connectivity index (χ0n) is 15.3. The second-order valence-electron chi connectivity index (χ2n) is 7.94. The summed E-state index contributed by atoms with van der Waals surface area (Å²) in [5.74, 6) is 0. The minimum Gasteiger partial charge on any atom is -0.307 e. The predicted molar refractivity (Wildman–Crippen MR) is 111 cm³/mol. The van der Waals surface area contributed by atoms with Crippen molar-refractivity contribution in [2.75, 3.05) is 4.90 Å². The molecule has 7 rings (SSSR count). The highest BCUT2D eigenvalue weighted by Crippen LogP contribution is 2.55. The fourth-order valence-electron chi connectivity index (χ4n) is 5.27. The fourth-order valence-corrected chi connectivity index (χ4v) is 5.27. The van der Waals surface area contributed by atoms with E-state index in [-0.39, 0.29) is 0 Å². The van der Waals surface area contributed by atoms with Gasteiger partial charge < -0.3 is 4.90 Å². The number of benzene rings is 2. The minimum absolute atomic E-state index is 0.922. The second-order valence-corrected chi connectivity index (χ2v) is 7.94. The maximum absolute atomic E-state index is 4.55. The van der Waals surface area contributed by atoms with Crippen LogP contribution in [0.3, 0.4) is 0 Å². The van der Waals surface area contributed by atoms with Gasteiger partial charge in [-0.3, -0.25) is 9.97 Å². The Morgan fingerprint density at radius 1 is 0.607 bits per heavy atom. The summed E-state index contributed by atoms with van der Waals surface area (Å²) >= 11 is 0. The van der Waals surface area contributed by atoms with E-state index < -0.39 is 0 Å². The highest BCUT2D eigenvalue weighted by molar-refractivity contribution is 5.98. The van der Waals surface area contributed by atoms with Crippen LogP contribution in [0.4, 0.5) is 17.1 Å². The molecule has 3 aliphatic rings. The molecule has 3 heteroatoms. The molecule has 2 aliphatic heterocycles. The van der Waals surface area contributed by atoms with Crippen LogP contribution in [0, 0.1) is 0 Å². The molecule has 0 amide bonds. The molecule has 4 aromatic rings. The van der Waals surface area contributed by atoms with Gasteiger partial charge in [0.25, 0.3) is 0 Å². The average molecular weight is 359 g/mol. The van der Waals surface area contributed by atoms with Gasteiger partial charge in [-0.1, -0.05) is 36.4 Å². The molecule has 3 nitrogen and oxygen atoms in total. The van der Waals surface area contributed by atoms with Crippen molar-refractivity contribution in [3.63, 3.8) is 0 Å². The summed E-state index contributed by atoms with van der Waals surface area (Å²) in [4.78, 5) is 11.5. The Morgan fingerprint density at radius 2 is 1.39 bits per heavy atom. The molecule has 132 valence electrons. The molecule has 0 spiro atoms. The molecule has 28 heavy (non-hydrogen) atoms. The van der Waals surface area contributed by atoms with Crippen molar-refractivity contribution in [1.29, 1.82) is 0 Å². The third kappa shape index (κ3) is 1.74. The Bertz CT molecular complexity index is 1290. The van der Waals surface area contributed by atoms with Crippen LogP contribution in [0.25, 0.3) is 11.1 Å². The lowest BCUT2D eigenvalue weighted by Crippen LogP contribution is -2.25. The molecule has 0 N–H and O–H groups in total. The van der Waals surface area contributed by atoms with Crippen LogP contribution in [-0.4, -0.2) is 9.97 Å². The first-order chi connectivity index (χ1) is 13.9. The van der Waals surface area contributed by atoms with Gasteiger partial charge in [0.1, 0.15) is 0 Å². The zero-order chi connectivity index (χ0) is 18.2. The summed E-state index contributed by atoms with van der Waals surface area (Å²) in [5, 5.41) is 0. The van der Waals surface area contributed by atoms with E-state index in [1.54, 1.807) is 0 Å². The molecule has 0 saturated carbocycles. The summed E-state index contributed by atoms with van der Waals surface area (Å²) in [7, 11) is 0. The Labute approximate surface area is 163 Å². The third-order valence-electron chi connectivity index (χ3n) is 6.42. The highest BCUT2D eigenvalue weighted by atomic mass is 15.2. The number of hydrogen-bond donors (Lipinski definition) is 0. The number of aromatic nitrogens is 2. The van der Waals surface area contributed by atoms with Crippen LogP contribution in [0.2, 0.25) is 0 Å². The van der Waals surface area contributed by atoms with E-state index in [2.05, 4.69) is 57.3 Å². The van der Waals surface area contributed by atoms with E-state index in [9.17, 15) is 0 Å². The van der Waals surface area contributed by atoms with Crippen LogP contribution in [0.1, 0.15) is 33.4 Å². The van der Waals surface area contributed by atoms with Crippen molar-refractivity contribution >= 4 is 17.1 Å².